The zero-order valence-electron chi connectivity index (χ0n) is 36.2. The fraction of sp³-hybridized carbons (Fsp3) is 0.0345. The van der Waals surface area contributed by atoms with Gasteiger partial charge in [-0.1, -0.05) is 121 Å². The maximum absolute atomic E-state index is 10.1. The summed E-state index contributed by atoms with van der Waals surface area (Å²) in [5.74, 6) is 1.15. The molecule has 2 aromatic heterocycles. The number of phenols is 1. The highest BCUT2D eigenvalue weighted by Gasteiger charge is 2.18. The number of alkyl halides is 2. The van der Waals surface area contributed by atoms with Gasteiger partial charge in [0, 0.05) is 21.5 Å². The van der Waals surface area contributed by atoms with E-state index in [-0.39, 0.29) is 14.3 Å². The van der Waals surface area contributed by atoms with Crippen LogP contribution in [0.5, 0.6) is 11.5 Å². The number of furan rings is 2. The number of hydrogen-bond acceptors (Lipinski definition) is 4. The Labute approximate surface area is 424 Å². The van der Waals surface area contributed by atoms with E-state index in [1.54, 1.807) is 13.2 Å². The fourth-order valence-electron chi connectivity index (χ4n) is 10.1. The van der Waals surface area contributed by atoms with E-state index < -0.39 is 0 Å². The van der Waals surface area contributed by atoms with Crippen LogP contribution in [0.15, 0.2) is 191 Å². The lowest BCUT2D eigenvalue weighted by Gasteiger charge is -2.11. The van der Waals surface area contributed by atoms with Gasteiger partial charge in [-0.2, -0.15) is 0 Å². The van der Waals surface area contributed by atoms with E-state index in [0.29, 0.717) is 0 Å². The second-order valence-electron chi connectivity index (χ2n) is 16.4. The molecule has 2 heterocycles. The maximum atomic E-state index is 10.1. The Hall–Kier alpha value is -6.00. The molecule has 12 aromatic carbocycles. The third-order valence-electron chi connectivity index (χ3n) is 12.8. The van der Waals surface area contributed by atoms with E-state index in [2.05, 4.69) is 205 Å². The Morgan fingerprint density at radius 3 is 1.19 bits per heavy atom. The monoisotopic (exact) mass is 1110 g/mol. The second-order valence-corrected chi connectivity index (χ2v) is 23.6. The second kappa shape index (κ2) is 18.5. The Morgan fingerprint density at radius 2 is 0.750 bits per heavy atom. The Morgan fingerprint density at radius 1 is 0.397 bits per heavy atom. The summed E-state index contributed by atoms with van der Waals surface area (Å²) in [6.45, 7) is 0. The lowest BCUT2D eigenvalue weighted by atomic mass is 9.93. The zero-order chi connectivity index (χ0) is 46.6. The fourth-order valence-corrected chi connectivity index (χ4v) is 10.1. The highest BCUT2D eigenvalue weighted by Crippen LogP contribution is 2.44. The molecule has 0 atom stereocenters. The smallest absolute Gasteiger partial charge is 0.369 e. The van der Waals surface area contributed by atoms with Crippen LogP contribution >= 0.6 is 70.5 Å². The van der Waals surface area contributed by atoms with E-state index >= 15 is 0 Å². The molecule has 0 aliphatic rings. The third-order valence-corrected chi connectivity index (χ3v) is 12.8. The van der Waals surface area contributed by atoms with Crippen molar-refractivity contribution in [3.05, 3.63) is 182 Å². The van der Waals surface area contributed by atoms with Gasteiger partial charge < -0.3 is 18.7 Å². The molecule has 0 aliphatic carbocycles. The van der Waals surface area contributed by atoms with Crippen molar-refractivity contribution >= 4 is 204 Å². The number of phenolic OH excluding ortho intramolecular Hbond substituents is 1. The molecule has 10 heteroatoms. The number of halogens is 5. The van der Waals surface area contributed by atoms with Crippen molar-refractivity contribution in [3.63, 3.8) is 0 Å². The number of fused-ring (bicyclic) bond motifs is 22. The van der Waals surface area contributed by atoms with Crippen molar-refractivity contribution < 1.29 is 18.7 Å². The Bertz CT molecular complexity index is 4280. The molecule has 0 spiro atoms. The molecule has 0 fully saturated rings. The summed E-state index contributed by atoms with van der Waals surface area (Å²) in [6.07, 6.45) is 0. The first-order valence-corrected chi connectivity index (χ1v) is 25.6. The minimum Gasteiger partial charge on any atom is -0.508 e. The van der Waals surface area contributed by atoms with Gasteiger partial charge in [0.1, 0.15) is 33.8 Å². The van der Waals surface area contributed by atoms with Gasteiger partial charge in [-0.3, -0.25) is 0 Å². The van der Waals surface area contributed by atoms with Gasteiger partial charge >= 0.3 is 3.18 Å². The van der Waals surface area contributed by atoms with Crippen LogP contribution in [-0.4, -0.2) is 20.7 Å². The molecule has 0 bridgehead atoms. The van der Waals surface area contributed by atoms with Crippen molar-refractivity contribution in [1.82, 2.24) is 0 Å². The minimum absolute atomic E-state index is 0.194. The minimum atomic E-state index is 0.194. The van der Waals surface area contributed by atoms with Crippen molar-refractivity contribution in [3.8, 4) is 11.5 Å². The first kappa shape index (κ1) is 44.5. The molecule has 4 nitrogen and oxygen atoms in total. The van der Waals surface area contributed by atoms with Gasteiger partial charge in [0.05, 0.1) is 12.4 Å². The Kier molecular flexibility index (Phi) is 12.1. The van der Waals surface area contributed by atoms with Crippen LogP contribution in [0.4, 0.5) is 0 Å². The van der Waals surface area contributed by atoms with Crippen LogP contribution in [0.2, 0.25) is 0 Å². The largest absolute Gasteiger partial charge is 0.508 e. The van der Waals surface area contributed by atoms with Crippen molar-refractivity contribution in [2.75, 3.05) is 12.4 Å². The summed E-state index contributed by atoms with van der Waals surface area (Å²) in [5.41, 5.74) is 3.65. The summed E-state index contributed by atoms with van der Waals surface area (Å²) in [5, 5.41) is 34.0. The van der Waals surface area contributed by atoms with Gasteiger partial charge in [-0.15, -0.1) is 70.5 Å². The molecule has 330 valence electrons. The van der Waals surface area contributed by atoms with Crippen LogP contribution < -0.4 is 4.74 Å². The molecule has 0 aliphatic heterocycles. The standard InChI is InChI=1S/C29H18O2.C28H16O2.CH2Cl2.BBr3/c1-30-18-11-12-22-23(14-18)20-8-4-5-9-21(20)24-15-26-28(16-25(22)24)31-27-13-10-17-6-2-3-7-19(17)29(26)27;29-17-10-11-21-22(13-17)19-7-3-4-8-20(19)23-14-25-27(15-24(21)23)30-26-12-9-16-5-1-2-6-18(16)28(25)26;2-1-3;2-1(3)4/h2-16H,1H3;1-15,29H;1H2;. The number of methoxy groups -OCH3 is 1. The van der Waals surface area contributed by atoms with Crippen LogP contribution in [0, 0.1) is 0 Å². The number of rotatable bonds is 1. The van der Waals surface area contributed by atoms with Crippen molar-refractivity contribution in [2.45, 2.75) is 0 Å². The molecule has 14 aromatic rings. The van der Waals surface area contributed by atoms with E-state index in [9.17, 15) is 5.11 Å². The van der Waals surface area contributed by atoms with Crippen LogP contribution in [-0.2, 0) is 0 Å². The van der Waals surface area contributed by atoms with E-state index in [4.69, 9.17) is 36.8 Å². The highest BCUT2D eigenvalue weighted by molar-refractivity contribution is 9.69. The molecular formula is C58H36BBr3Cl2O4. The normalized spacial score (nSPS) is 11.5. The average molecular weight is 1120 g/mol. The molecule has 0 saturated heterocycles. The van der Waals surface area contributed by atoms with Crippen LogP contribution in [0.1, 0.15) is 0 Å². The molecular weight excluding hydrogens is 1080 g/mol. The van der Waals surface area contributed by atoms with E-state index in [1.165, 1.54) is 75.4 Å². The summed E-state index contributed by atoms with van der Waals surface area (Å²) >= 11 is 18.8. The van der Waals surface area contributed by atoms with Gasteiger partial charge in [0.25, 0.3) is 0 Å². The first-order chi connectivity index (χ1) is 33.2. The van der Waals surface area contributed by atoms with Crippen LogP contribution in [0.3, 0.4) is 0 Å². The number of hydrogen-bond donors (Lipinski definition) is 1. The van der Waals surface area contributed by atoms with Crippen molar-refractivity contribution in [2.24, 2.45) is 0 Å². The van der Waals surface area contributed by atoms with E-state index in [0.717, 1.165) is 60.4 Å². The SMILES string of the molecule is BrB(Br)Br.COc1ccc2c(c1)c1ccccc1c1cc3c(cc21)oc1ccc2ccccc2c13.ClCCl.Oc1ccc2c(c1)c1ccccc1c1cc3c(cc21)oc1ccc2ccccc2c13. The number of benzene rings is 12. The molecule has 68 heavy (non-hydrogen) atoms. The summed E-state index contributed by atoms with van der Waals surface area (Å²) < 4.78 is 18.4. The van der Waals surface area contributed by atoms with Gasteiger partial charge in [0.15, 0.2) is 0 Å². The van der Waals surface area contributed by atoms with E-state index in [1.807, 2.05) is 18.2 Å². The average Bonchev–Trinajstić information content (AvgIpc) is 3.93. The molecule has 0 unspecified atom stereocenters. The lowest BCUT2D eigenvalue weighted by molar-refractivity contribution is 0.415. The van der Waals surface area contributed by atoms with Gasteiger partial charge in [-0.05, 0) is 147 Å². The number of aromatic hydroxyl groups is 1. The summed E-state index contributed by atoms with van der Waals surface area (Å²) in [4.78, 5) is 0. The van der Waals surface area contributed by atoms with Gasteiger partial charge in [0.2, 0.25) is 0 Å². The molecule has 1 N–H and O–H groups in total. The molecule has 0 amide bonds. The molecule has 14 rings (SSSR count). The van der Waals surface area contributed by atoms with Gasteiger partial charge in [-0.25, -0.2) is 0 Å². The zero-order valence-corrected chi connectivity index (χ0v) is 42.4. The molecule has 0 radical (unpaired) electrons. The number of ether oxygens (including phenoxy) is 1. The van der Waals surface area contributed by atoms with Crippen LogP contribution in [0.25, 0.3) is 130 Å². The maximum Gasteiger partial charge on any atom is 0.369 e. The predicted octanol–water partition coefficient (Wildman–Crippen LogP) is 19.7. The highest BCUT2D eigenvalue weighted by atomic mass is 79.9. The lowest BCUT2D eigenvalue weighted by Crippen LogP contribution is -1.86. The molecule has 0 saturated carbocycles. The quantitative estimate of drug-likeness (QED) is 0.101. The third kappa shape index (κ3) is 7.77. The topological polar surface area (TPSA) is 55.7 Å². The summed E-state index contributed by atoms with van der Waals surface area (Å²) in [6, 6.07) is 63.3. The Balaban J connectivity index is 0.000000132. The van der Waals surface area contributed by atoms with Crippen molar-refractivity contribution in [1.29, 1.82) is 0 Å². The predicted molar refractivity (Wildman–Crippen MR) is 305 cm³/mol. The summed E-state index contributed by atoms with van der Waals surface area (Å²) in [7, 11) is 1.71. The first-order valence-electron chi connectivity index (χ1n) is 21.8.